The Morgan fingerprint density at radius 1 is 1.36 bits per heavy atom. The molecule has 0 aliphatic carbocycles. The molecule has 5 N–H and O–H groups in total. The second-order valence-electron chi connectivity index (χ2n) is 9.43. The monoisotopic (exact) mass is 568 g/mol. The first-order valence-electron chi connectivity index (χ1n) is 12.0. The molecule has 0 radical (unpaired) electrons. The van der Waals surface area contributed by atoms with Gasteiger partial charge in [0, 0.05) is 0 Å². The molecule has 14 nitrogen and oxygen atoms in total. The normalized spacial score (nSPS) is 25.5. The molecule has 1 fully saturated rings. The summed E-state index contributed by atoms with van der Waals surface area (Å²) in [6.45, 7) is 5.22. The number of hydrogen-bond donors (Lipinski definition) is 4. The number of nitrogen functional groups attached to an aromatic ring is 1. The van der Waals surface area contributed by atoms with Gasteiger partial charge in [0.2, 0.25) is 5.95 Å². The lowest BCUT2D eigenvalue weighted by Crippen LogP contribution is -2.41. The minimum absolute atomic E-state index is 0.0591. The summed E-state index contributed by atoms with van der Waals surface area (Å²) in [4.78, 5) is 34.7. The van der Waals surface area contributed by atoms with Crippen molar-refractivity contribution in [1.29, 1.82) is 0 Å². The van der Waals surface area contributed by atoms with Crippen LogP contribution >= 0.6 is 7.75 Å². The molecule has 1 saturated heterocycles. The molecule has 0 spiro atoms. The van der Waals surface area contributed by atoms with E-state index in [2.05, 4.69) is 20.0 Å². The lowest BCUT2D eigenvalue weighted by molar-refractivity contribution is -0.149. The van der Waals surface area contributed by atoms with Gasteiger partial charge in [-0.2, -0.15) is 10.1 Å². The van der Waals surface area contributed by atoms with Crippen molar-refractivity contribution in [3.63, 3.8) is 0 Å². The number of aromatic amines is 1. The molecule has 0 saturated carbocycles. The third kappa shape index (κ3) is 6.12. The number of aliphatic hydroxyl groups excluding tert-OH is 1. The molecule has 39 heavy (non-hydrogen) atoms. The van der Waals surface area contributed by atoms with Gasteiger partial charge in [0.15, 0.2) is 23.1 Å². The zero-order chi connectivity index (χ0) is 28.5. The maximum atomic E-state index is 15.8. The maximum Gasteiger partial charge on any atom is 0.459 e. The number of para-hydroxylation sites is 1. The first-order valence-corrected chi connectivity index (χ1v) is 13.6. The SMILES string of the molecule is CC(C)OC(=O)C(C)NP(=O)(OC[C@H]1OC(n2cnc3c(=O)[nH]c(N)nc32)[C@](C)(F)[C@@H]1O)Oc1ccccc1. The molecule has 16 heteroatoms. The molecule has 0 amide bonds. The van der Waals surface area contributed by atoms with E-state index >= 15 is 4.39 Å². The van der Waals surface area contributed by atoms with Crippen molar-refractivity contribution in [3.8, 4) is 5.75 Å². The van der Waals surface area contributed by atoms with E-state index in [0.29, 0.717) is 0 Å². The zero-order valence-electron chi connectivity index (χ0n) is 21.6. The lowest BCUT2D eigenvalue weighted by atomic mass is 9.98. The summed E-state index contributed by atoms with van der Waals surface area (Å²) in [6.07, 6.45) is -3.90. The number of rotatable bonds is 10. The Morgan fingerprint density at radius 3 is 2.72 bits per heavy atom. The fourth-order valence-corrected chi connectivity index (χ4v) is 5.47. The smallest absolute Gasteiger partial charge is 0.459 e. The number of nitrogens with one attached hydrogen (secondary N) is 2. The molecular formula is C23H30FN6O8P. The fraction of sp³-hybridized carbons (Fsp3) is 0.478. The highest BCUT2D eigenvalue weighted by Gasteiger charge is 2.56. The van der Waals surface area contributed by atoms with E-state index in [9.17, 15) is 19.3 Å². The van der Waals surface area contributed by atoms with Gasteiger partial charge in [-0.15, -0.1) is 0 Å². The Morgan fingerprint density at radius 2 is 2.05 bits per heavy atom. The second kappa shape index (κ2) is 11.0. The first-order chi connectivity index (χ1) is 18.3. The number of aliphatic hydroxyl groups is 1. The number of nitrogens with two attached hydrogens (primary N) is 1. The van der Waals surface area contributed by atoms with Crippen molar-refractivity contribution in [2.75, 3.05) is 12.3 Å². The second-order valence-corrected chi connectivity index (χ2v) is 11.1. The van der Waals surface area contributed by atoms with E-state index in [1.165, 1.54) is 19.1 Å². The number of aromatic nitrogens is 4. The summed E-state index contributed by atoms with van der Waals surface area (Å²) in [5.41, 5.74) is 2.40. The van der Waals surface area contributed by atoms with Crippen molar-refractivity contribution in [2.24, 2.45) is 0 Å². The van der Waals surface area contributed by atoms with Crippen LogP contribution in [-0.2, 0) is 23.4 Å². The van der Waals surface area contributed by atoms with Gasteiger partial charge < -0.3 is 24.8 Å². The van der Waals surface area contributed by atoms with Crippen molar-refractivity contribution in [3.05, 3.63) is 47.0 Å². The summed E-state index contributed by atoms with van der Waals surface area (Å²) in [5, 5.41) is 13.3. The highest BCUT2D eigenvalue weighted by molar-refractivity contribution is 7.52. The van der Waals surface area contributed by atoms with Crippen LogP contribution in [0.1, 0.15) is 33.9 Å². The van der Waals surface area contributed by atoms with Crippen LogP contribution in [0.5, 0.6) is 5.75 Å². The minimum atomic E-state index is -4.31. The van der Waals surface area contributed by atoms with Gasteiger partial charge >= 0.3 is 13.7 Å². The molecule has 1 aliphatic heterocycles. The van der Waals surface area contributed by atoms with Gasteiger partial charge in [-0.25, -0.2) is 13.9 Å². The number of ether oxygens (including phenoxy) is 2. The average Bonchev–Trinajstić information content (AvgIpc) is 3.36. The van der Waals surface area contributed by atoms with Crippen LogP contribution in [0.3, 0.4) is 0 Å². The summed E-state index contributed by atoms with van der Waals surface area (Å²) < 4.78 is 52.6. The van der Waals surface area contributed by atoms with Crippen LogP contribution in [0, 0.1) is 0 Å². The first kappa shape index (κ1) is 28.6. The fourth-order valence-electron chi connectivity index (χ4n) is 3.97. The number of imidazole rings is 1. The van der Waals surface area contributed by atoms with E-state index < -0.39 is 62.1 Å². The molecular weight excluding hydrogens is 538 g/mol. The Bertz CT molecular complexity index is 1430. The van der Waals surface area contributed by atoms with Gasteiger partial charge in [-0.1, -0.05) is 18.2 Å². The van der Waals surface area contributed by atoms with Crippen LogP contribution < -0.4 is 20.9 Å². The standard InChI is InChI=1S/C23H30FN6O8P/c1-12(2)36-20(33)13(3)29-39(34,38-14-8-6-5-7-9-14)35-10-15-17(31)23(4,24)21(37-15)30-11-26-16-18(30)27-22(25)28-19(16)32/h5-9,11-13,15,17,21,31H,10H2,1-4H3,(H,29,34)(H3,25,27,28,32)/t13?,15-,17-,21?,23-,39?/m1/s1. The Kier molecular flexibility index (Phi) is 8.09. The number of alkyl halides is 1. The number of carbonyl (C=O) groups is 1. The molecule has 0 bridgehead atoms. The number of nitrogens with zero attached hydrogens (tertiary/aromatic N) is 3. The average molecular weight is 568 g/mol. The number of carbonyl (C=O) groups excluding carboxylic acids is 1. The van der Waals surface area contributed by atoms with E-state index in [0.717, 1.165) is 17.8 Å². The van der Waals surface area contributed by atoms with Crippen LogP contribution in [0.15, 0.2) is 41.5 Å². The highest BCUT2D eigenvalue weighted by atomic mass is 31.2. The Labute approximate surface area is 222 Å². The van der Waals surface area contributed by atoms with Gasteiger partial charge in [-0.05, 0) is 39.8 Å². The molecule has 6 atom stereocenters. The predicted molar refractivity (Wildman–Crippen MR) is 136 cm³/mol. The number of esters is 1. The predicted octanol–water partition coefficient (Wildman–Crippen LogP) is 1.82. The quantitative estimate of drug-likeness (QED) is 0.205. The van der Waals surface area contributed by atoms with E-state index in [4.69, 9.17) is 24.3 Å². The summed E-state index contributed by atoms with van der Waals surface area (Å²) in [6, 6.07) is 6.93. The number of halogens is 1. The molecule has 2 aromatic heterocycles. The number of fused-ring (bicyclic) bond motifs is 1. The summed E-state index contributed by atoms with van der Waals surface area (Å²) >= 11 is 0. The van der Waals surface area contributed by atoms with Crippen molar-refractivity contribution < 1.29 is 37.4 Å². The number of H-pyrrole nitrogens is 1. The van der Waals surface area contributed by atoms with E-state index in [1.807, 2.05) is 0 Å². The summed E-state index contributed by atoms with van der Waals surface area (Å²) in [5.74, 6) is -0.756. The highest BCUT2D eigenvalue weighted by Crippen LogP contribution is 2.48. The van der Waals surface area contributed by atoms with Crippen molar-refractivity contribution in [1.82, 2.24) is 24.6 Å². The van der Waals surface area contributed by atoms with Crippen molar-refractivity contribution >= 4 is 30.8 Å². The maximum absolute atomic E-state index is 15.8. The van der Waals surface area contributed by atoms with Gasteiger partial charge in [-0.3, -0.25) is 23.7 Å². The van der Waals surface area contributed by atoms with Crippen LogP contribution in [0.25, 0.3) is 11.2 Å². The molecule has 3 heterocycles. The molecule has 3 unspecified atom stereocenters. The Hall–Kier alpha value is -3.36. The molecule has 212 valence electrons. The van der Waals surface area contributed by atoms with Crippen LogP contribution in [0.4, 0.5) is 10.3 Å². The van der Waals surface area contributed by atoms with Crippen molar-refractivity contribution in [2.45, 2.75) is 63.9 Å². The number of benzene rings is 1. The van der Waals surface area contributed by atoms with E-state index in [1.54, 1.807) is 32.0 Å². The third-order valence-electron chi connectivity index (χ3n) is 5.86. The third-order valence-corrected chi connectivity index (χ3v) is 7.50. The largest absolute Gasteiger partial charge is 0.462 e. The zero-order valence-corrected chi connectivity index (χ0v) is 22.5. The molecule has 3 aromatic rings. The van der Waals surface area contributed by atoms with Crippen LogP contribution in [-0.4, -0.2) is 67.2 Å². The molecule has 4 rings (SSSR count). The van der Waals surface area contributed by atoms with E-state index in [-0.39, 0.29) is 22.9 Å². The minimum Gasteiger partial charge on any atom is -0.462 e. The Balaban J connectivity index is 1.56. The topological polar surface area (TPSA) is 193 Å². The van der Waals surface area contributed by atoms with Crippen LogP contribution in [0.2, 0.25) is 0 Å². The number of anilines is 1. The summed E-state index contributed by atoms with van der Waals surface area (Å²) in [7, 11) is -4.31. The lowest BCUT2D eigenvalue weighted by Gasteiger charge is -2.25. The van der Waals surface area contributed by atoms with Gasteiger partial charge in [0.1, 0.15) is 24.0 Å². The number of hydrogen-bond acceptors (Lipinski definition) is 11. The van der Waals surface area contributed by atoms with Gasteiger partial charge in [0.25, 0.3) is 5.56 Å². The molecule has 1 aliphatic rings. The van der Waals surface area contributed by atoms with Gasteiger partial charge in [0.05, 0.1) is 19.0 Å². The molecule has 1 aromatic carbocycles.